The molecular formula is C23H19NO5. The number of anilines is 1. The number of carbonyl (C=O) groups is 1. The van der Waals surface area contributed by atoms with Gasteiger partial charge >= 0.3 is 0 Å². The molecule has 0 aliphatic carbocycles. The Balaban J connectivity index is 1.42. The maximum atomic E-state index is 13.4. The molecule has 6 heteroatoms. The first kappa shape index (κ1) is 17.4. The van der Waals surface area contributed by atoms with E-state index in [1.807, 2.05) is 66.7 Å². The van der Waals surface area contributed by atoms with Gasteiger partial charge in [0, 0.05) is 5.69 Å². The molecule has 2 aliphatic rings. The molecule has 2 heterocycles. The van der Waals surface area contributed by atoms with Gasteiger partial charge in [0.15, 0.2) is 23.0 Å². The van der Waals surface area contributed by atoms with Crippen LogP contribution in [0.3, 0.4) is 0 Å². The van der Waals surface area contributed by atoms with Crippen LogP contribution >= 0.6 is 0 Å². The van der Waals surface area contributed by atoms with E-state index in [1.54, 1.807) is 11.0 Å². The zero-order chi connectivity index (χ0) is 19.6. The molecule has 2 aliphatic heterocycles. The van der Waals surface area contributed by atoms with Gasteiger partial charge in [-0.05, 0) is 42.0 Å². The van der Waals surface area contributed by atoms with E-state index in [9.17, 15) is 4.79 Å². The van der Waals surface area contributed by atoms with E-state index in [-0.39, 0.29) is 19.3 Å². The van der Waals surface area contributed by atoms with E-state index in [0.717, 1.165) is 11.3 Å². The molecule has 3 aromatic rings. The molecule has 146 valence electrons. The van der Waals surface area contributed by atoms with Crippen molar-refractivity contribution in [3.05, 3.63) is 78.4 Å². The number of hydrogen-bond donors (Lipinski definition) is 0. The van der Waals surface area contributed by atoms with E-state index < -0.39 is 6.10 Å². The topological polar surface area (TPSA) is 57.2 Å². The fraction of sp³-hybridized carbons (Fsp3) is 0.174. The SMILES string of the molecule is O=C(C1COc2ccccc2O1)N(Cc1ccc2c(c1)OCO2)c1ccccc1. The first-order valence-corrected chi connectivity index (χ1v) is 9.41. The lowest BCUT2D eigenvalue weighted by atomic mass is 10.1. The van der Waals surface area contributed by atoms with E-state index in [0.29, 0.717) is 29.5 Å². The molecule has 0 saturated carbocycles. The summed E-state index contributed by atoms with van der Waals surface area (Å²) in [6.07, 6.45) is -0.723. The first-order chi connectivity index (χ1) is 14.3. The summed E-state index contributed by atoms with van der Waals surface area (Å²) in [6.45, 7) is 0.758. The number of ether oxygens (including phenoxy) is 4. The quantitative estimate of drug-likeness (QED) is 0.680. The Morgan fingerprint density at radius 2 is 1.55 bits per heavy atom. The molecule has 0 saturated heterocycles. The van der Waals surface area contributed by atoms with E-state index in [1.165, 1.54) is 0 Å². The van der Waals surface area contributed by atoms with E-state index >= 15 is 0 Å². The van der Waals surface area contributed by atoms with Crippen LogP contribution in [0.25, 0.3) is 0 Å². The number of amides is 1. The van der Waals surface area contributed by atoms with Crippen molar-refractivity contribution >= 4 is 11.6 Å². The normalized spacial score (nSPS) is 16.3. The fourth-order valence-corrected chi connectivity index (χ4v) is 3.44. The third-order valence-corrected chi connectivity index (χ3v) is 4.90. The zero-order valence-electron chi connectivity index (χ0n) is 15.6. The summed E-state index contributed by atoms with van der Waals surface area (Å²) in [6, 6.07) is 22.6. The summed E-state index contributed by atoms with van der Waals surface area (Å²) in [5.74, 6) is 2.47. The second-order valence-corrected chi connectivity index (χ2v) is 6.81. The predicted octanol–water partition coefficient (Wildman–Crippen LogP) is 3.79. The Morgan fingerprint density at radius 3 is 2.41 bits per heavy atom. The highest BCUT2D eigenvalue weighted by Gasteiger charge is 2.32. The fourth-order valence-electron chi connectivity index (χ4n) is 3.44. The summed E-state index contributed by atoms with van der Waals surface area (Å²) in [5.41, 5.74) is 1.72. The second kappa shape index (κ2) is 7.39. The van der Waals surface area contributed by atoms with Crippen LogP contribution in [-0.4, -0.2) is 25.4 Å². The number of nitrogens with zero attached hydrogens (tertiary/aromatic N) is 1. The van der Waals surface area contributed by atoms with Gasteiger partial charge in [-0.2, -0.15) is 0 Å². The zero-order valence-corrected chi connectivity index (χ0v) is 15.6. The van der Waals surface area contributed by atoms with Gasteiger partial charge in [-0.25, -0.2) is 0 Å². The number of rotatable bonds is 4. The molecule has 0 fully saturated rings. The van der Waals surface area contributed by atoms with Gasteiger partial charge in [0.1, 0.15) is 6.61 Å². The lowest BCUT2D eigenvalue weighted by molar-refractivity contribution is -0.127. The molecule has 1 unspecified atom stereocenters. The Morgan fingerprint density at radius 1 is 0.828 bits per heavy atom. The Hall–Kier alpha value is -3.67. The van der Waals surface area contributed by atoms with Crippen molar-refractivity contribution < 1.29 is 23.7 Å². The number of hydrogen-bond acceptors (Lipinski definition) is 5. The highest BCUT2D eigenvalue weighted by atomic mass is 16.7. The molecular weight excluding hydrogens is 370 g/mol. The van der Waals surface area contributed by atoms with E-state index in [4.69, 9.17) is 18.9 Å². The molecule has 3 aromatic carbocycles. The minimum atomic E-state index is -0.723. The maximum Gasteiger partial charge on any atom is 0.271 e. The summed E-state index contributed by atoms with van der Waals surface area (Å²) in [5, 5.41) is 0. The third-order valence-electron chi connectivity index (χ3n) is 4.90. The average Bonchev–Trinajstić information content (AvgIpc) is 3.25. The van der Waals surface area contributed by atoms with Gasteiger partial charge in [-0.1, -0.05) is 36.4 Å². The smallest absolute Gasteiger partial charge is 0.271 e. The minimum absolute atomic E-state index is 0.164. The van der Waals surface area contributed by atoms with Gasteiger partial charge in [-0.3, -0.25) is 4.79 Å². The van der Waals surface area contributed by atoms with Crippen LogP contribution < -0.4 is 23.8 Å². The van der Waals surface area contributed by atoms with E-state index in [2.05, 4.69) is 0 Å². The van der Waals surface area contributed by atoms with Gasteiger partial charge in [0.25, 0.3) is 5.91 Å². The monoisotopic (exact) mass is 389 g/mol. The minimum Gasteiger partial charge on any atom is -0.485 e. The van der Waals surface area contributed by atoms with Crippen LogP contribution in [-0.2, 0) is 11.3 Å². The largest absolute Gasteiger partial charge is 0.485 e. The first-order valence-electron chi connectivity index (χ1n) is 9.41. The lowest BCUT2D eigenvalue weighted by Gasteiger charge is -2.31. The van der Waals surface area contributed by atoms with Crippen molar-refractivity contribution in [2.75, 3.05) is 18.3 Å². The summed E-state index contributed by atoms with van der Waals surface area (Å²) in [4.78, 5) is 15.1. The molecule has 0 radical (unpaired) electrons. The Bertz CT molecular complexity index is 1040. The molecule has 6 nitrogen and oxygen atoms in total. The molecule has 0 aromatic heterocycles. The average molecular weight is 389 g/mol. The van der Waals surface area contributed by atoms with Crippen molar-refractivity contribution in [1.82, 2.24) is 0 Å². The number of carbonyl (C=O) groups excluding carboxylic acids is 1. The highest BCUT2D eigenvalue weighted by molar-refractivity contribution is 5.97. The molecule has 5 rings (SSSR count). The maximum absolute atomic E-state index is 13.4. The van der Waals surface area contributed by atoms with Gasteiger partial charge < -0.3 is 23.8 Å². The van der Waals surface area contributed by atoms with Gasteiger partial charge in [0.05, 0.1) is 6.54 Å². The lowest BCUT2D eigenvalue weighted by Crippen LogP contribution is -2.46. The summed E-state index contributed by atoms with van der Waals surface area (Å²) >= 11 is 0. The van der Waals surface area contributed by atoms with Crippen LogP contribution in [0.2, 0.25) is 0 Å². The van der Waals surface area contributed by atoms with Crippen LogP contribution in [0, 0.1) is 0 Å². The number of benzene rings is 3. The van der Waals surface area contributed by atoms with Crippen molar-refractivity contribution in [3.63, 3.8) is 0 Å². The van der Waals surface area contributed by atoms with Crippen molar-refractivity contribution in [3.8, 4) is 23.0 Å². The van der Waals surface area contributed by atoms with Crippen molar-refractivity contribution in [2.45, 2.75) is 12.6 Å². The molecule has 29 heavy (non-hydrogen) atoms. The van der Waals surface area contributed by atoms with Crippen LogP contribution in [0.15, 0.2) is 72.8 Å². The number of para-hydroxylation sites is 3. The van der Waals surface area contributed by atoms with Crippen molar-refractivity contribution in [1.29, 1.82) is 0 Å². The van der Waals surface area contributed by atoms with Crippen LogP contribution in [0.4, 0.5) is 5.69 Å². The standard InChI is InChI=1S/C23H19NO5/c25-23(22-14-26-18-8-4-5-9-20(18)29-22)24(17-6-2-1-3-7-17)13-16-10-11-19-21(12-16)28-15-27-19/h1-12,22H,13-15H2. The van der Waals surface area contributed by atoms with Gasteiger partial charge in [0.2, 0.25) is 12.9 Å². The molecule has 1 amide bonds. The number of fused-ring (bicyclic) bond motifs is 2. The predicted molar refractivity (Wildman–Crippen MR) is 107 cm³/mol. The van der Waals surface area contributed by atoms with Crippen molar-refractivity contribution in [2.24, 2.45) is 0 Å². The molecule has 1 atom stereocenters. The Labute approximate surface area is 168 Å². The molecule has 0 bridgehead atoms. The van der Waals surface area contributed by atoms with Crippen LogP contribution in [0.5, 0.6) is 23.0 Å². The van der Waals surface area contributed by atoms with Gasteiger partial charge in [-0.15, -0.1) is 0 Å². The highest BCUT2D eigenvalue weighted by Crippen LogP contribution is 2.34. The Kier molecular flexibility index (Phi) is 4.44. The second-order valence-electron chi connectivity index (χ2n) is 6.81. The molecule has 0 N–H and O–H groups in total. The molecule has 0 spiro atoms. The summed E-state index contributed by atoms with van der Waals surface area (Å²) < 4.78 is 22.5. The third kappa shape index (κ3) is 3.45. The summed E-state index contributed by atoms with van der Waals surface area (Å²) in [7, 11) is 0. The van der Waals surface area contributed by atoms with Crippen LogP contribution in [0.1, 0.15) is 5.56 Å².